The van der Waals surface area contributed by atoms with Crippen molar-refractivity contribution in [3.05, 3.63) is 52.7 Å². The van der Waals surface area contributed by atoms with Crippen LogP contribution in [0.3, 0.4) is 0 Å². The van der Waals surface area contributed by atoms with Gasteiger partial charge in [-0.3, -0.25) is 9.36 Å². The standard InChI is InChI=1S/C17H17N5O6/c18-13-10-14(20-17(27)22(13)15(26)8-4-2-1-3-5-8)21(7-19-10)16-12(25)11(24)9(6-23)28-16/h1-5,7,9,11-12,16,23-25H,6,18H2/t9-,11-,12-,16-/m1/s1. The molecule has 11 nitrogen and oxygen atoms in total. The van der Waals surface area contributed by atoms with Crippen LogP contribution in [0.2, 0.25) is 0 Å². The summed E-state index contributed by atoms with van der Waals surface area (Å²) in [5.74, 6) is -0.866. The first-order chi connectivity index (χ1) is 13.4. The van der Waals surface area contributed by atoms with Crippen LogP contribution in [-0.4, -0.2) is 65.2 Å². The van der Waals surface area contributed by atoms with Crippen LogP contribution >= 0.6 is 0 Å². The lowest BCUT2D eigenvalue weighted by Crippen LogP contribution is -2.34. The van der Waals surface area contributed by atoms with Crippen LogP contribution in [0.15, 0.2) is 41.5 Å². The second-order valence-corrected chi connectivity index (χ2v) is 6.34. The van der Waals surface area contributed by atoms with E-state index < -0.39 is 42.7 Å². The number of hydrogen-bond acceptors (Lipinski definition) is 9. The monoisotopic (exact) mass is 387 g/mol. The number of fused-ring (bicyclic) bond motifs is 1. The zero-order chi connectivity index (χ0) is 20.0. The average Bonchev–Trinajstić information content (AvgIpc) is 3.23. The van der Waals surface area contributed by atoms with Crippen molar-refractivity contribution < 1.29 is 24.9 Å². The molecule has 0 aliphatic carbocycles. The quantitative estimate of drug-likeness (QED) is 0.417. The highest BCUT2D eigenvalue weighted by Gasteiger charge is 2.44. The summed E-state index contributed by atoms with van der Waals surface area (Å²) in [7, 11) is 0. The third-order valence-electron chi connectivity index (χ3n) is 4.66. The number of carbonyl (C=O) groups excluding carboxylic acids is 1. The van der Waals surface area contributed by atoms with Gasteiger partial charge in [-0.25, -0.2) is 14.3 Å². The number of nitrogens with zero attached hydrogens (tertiary/aromatic N) is 4. The van der Waals surface area contributed by atoms with E-state index in [9.17, 15) is 24.9 Å². The number of nitrogen functional groups attached to an aromatic ring is 1. The fourth-order valence-electron chi connectivity index (χ4n) is 3.20. The van der Waals surface area contributed by atoms with E-state index in [2.05, 4.69) is 9.97 Å². The fraction of sp³-hybridized carbons (Fsp3) is 0.294. The molecule has 3 heterocycles. The summed E-state index contributed by atoms with van der Waals surface area (Å²) in [5.41, 5.74) is 5.38. The number of rotatable bonds is 3. The van der Waals surface area contributed by atoms with Gasteiger partial charge in [0.1, 0.15) is 29.6 Å². The molecule has 0 radical (unpaired) electrons. The molecule has 1 saturated heterocycles. The highest BCUT2D eigenvalue weighted by atomic mass is 16.6. The van der Waals surface area contributed by atoms with Crippen molar-refractivity contribution in [1.29, 1.82) is 0 Å². The molecule has 4 rings (SSSR count). The highest BCUT2D eigenvalue weighted by molar-refractivity contribution is 6.00. The first-order valence-corrected chi connectivity index (χ1v) is 8.41. The van der Waals surface area contributed by atoms with Gasteiger partial charge in [0.25, 0.3) is 5.91 Å². The van der Waals surface area contributed by atoms with Crippen molar-refractivity contribution in [2.45, 2.75) is 24.5 Å². The van der Waals surface area contributed by atoms with Crippen molar-refractivity contribution in [2.75, 3.05) is 12.3 Å². The molecule has 146 valence electrons. The average molecular weight is 387 g/mol. The molecule has 11 heteroatoms. The Labute approximate surface area is 157 Å². The van der Waals surface area contributed by atoms with Gasteiger partial charge >= 0.3 is 5.69 Å². The van der Waals surface area contributed by atoms with E-state index in [0.29, 0.717) is 4.57 Å². The number of aromatic nitrogens is 4. The van der Waals surface area contributed by atoms with Gasteiger partial charge in [-0.2, -0.15) is 4.98 Å². The minimum absolute atomic E-state index is 0.0190. The van der Waals surface area contributed by atoms with E-state index in [-0.39, 0.29) is 22.5 Å². The zero-order valence-electron chi connectivity index (χ0n) is 14.4. The maximum Gasteiger partial charge on any atom is 0.358 e. The molecule has 0 bridgehead atoms. The largest absolute Gasteiger partial charge is 0.394 e. The Balaban J connectivity index is 1.81. The van der Waals surface area contributed by atoms with Gasteiger partial charge in [0.2, 0.25) is 0 Å². The van der Waals surface area contributed by atoms with Gasteiger partial charge in [0, 0.05) is 5.56 Å². The summed E-state index contributed by atoms with van der Waals surface area (Å²) >= 11 is 0. The van der Waals surface area contributed by atoms with Gasteiger partial charge in [-0.15, -0.1) is 0 Å². The molecule has 2 aromatic heterocycles. The molecule has 5 N–H and O–H groups in total. The molecule has 1 aliphatic rings. The van der Waals surface area contributed by atoms with E-state index in [1.807, 2.05) is 0 Å². The van der Waals surface area contributed by atoms with Crippen LogP contribution in [0.25, 0.3) is 11.2 Å². The minimum atomic E-state index is -1.38. The predicted molar refractivity (Wildman–Crippen MR) is 95.4 cm³/mol. The minimum Gasteiger partial charge on any atom is -0.394 e. The number of imidazole rings is 1. The Bertz CT molecular complexity index is 1090. The normalized spacial score (nSPS) is 24.7. The molecule has 1 aromatic carbocycles. The first-order valence-electron chi connectivity index (χ1n) is 8.41. The summed E-state index contributed by atoms with van der Waals surface area (Å²) in [6, 6.07) is 8.10. The predicted octanol–water partition coefficient (Wildman–Crippen LogP) is -1.52. The van der Waals surface area contributed by atoms with Gasteiger partial charge in [-0.05, 0) is 12.1 Å². The van der Waals surface area contributed by atoms with Crippen LogP contribution in [-0.2, 0) is 4.74 Å². The topological polar surface area (TPSA) is 166 Å². The molecule has 0 saturated carbocycles. The molecule has 3 aromatic rings. The number of nitrogens with two attached hydrogens (primary N) is 1. The van der Waals surface area contributed by atoms with Crippen LogP contribution in [0.1, 0.15) is 16.6 Å². The van der Waals surface area contributed by atoms with E-state index in [1.165, 1.54) is 23.0 Å². The number of ether oxygens (including phenoxy) is 1. The molecule has 0 spiro atoms. The number of benzene rings is 1. The van der Waals surface area contributed by atoms with Crippen molar-refractivity contribution >= 4 is 22.9 Å². The summed E-state index contributed by atoms with van der Waals surface area (Å²) < 4.78 is 7.38. The Morgan fingerprint density at radius 1 is 1.21 bits per heavy atom. The third-order valence-corrected chi connectivity index (χ3v) is 4.66. The lowest BCUT2D eigenvalue weighted by atomic mass is 10.1. The fourth-order valence-corrected chi connectivity index (χ4v) is 3.20. The Hall–Kier alpha value is -3.12. The van der Waals surface area contributed by atoms with Crippen molar-refractivity contribution in [2.24, 2.45) is 0 Å². The van der Waals surface area contributed by atoms with Gasteiger partial charge in [0.05, 0.1) is 12.9 Å². The zero-order valence-corrected chi connectivity index (χ0v) is 14.4. The summed E-state index contributed by atoms with van der Waals surface area (Å²) in [6.45, 7) is -0.505. The number of anilines is 1. The van der Waals surface area contributed by atoms with Crippen LogP contribution in [0.5, 0.6) is 0 Å². The molecule has 28 heavy (non-hydrogen) atoms. The Kier molecular flexibility index (Phi) is 4.43. The van der Waals surface area contributed by atoms with Crippen LogP contribution < -0.4 is 11.4 Å². The summed E-state index contributed by atoms with van der Waals surface area (Å²) in [6.07, 6.45) is -3.62. The molecule has 1 aliphatic heterocycles. The third kappa shape index (κ3) is 2.68. The number of hydrogen-bond donors (Lipinski definition) is 4. The number of aliphatic hydroxyl groups excluding tert-OH is 3. The van der Waals surface area contributed by atoms with Gasteiger partial charge in [0.15, 0.2) is 11.9 Å². The first kappa shape index (κ1) is 18.3. The second-order valence-electron chi connectivity index (χ2n) is 6.34. The van der Waals surface area contributed by atoms with Gasteiger partial charge < -0.3 is 25.8 Å². The van der Waals surface area contributed by atoms with E-state index in [4.69, 9.17) is 10.5 Å². The molecule has 4 atom stereocenters. The maximum absolute atomic E-state index is 12.7. The lowest BCUT2D eigenvalue weighted by Gasteiger charge is -2.16. The maximum atomic E-state index is 12.7. The van der Waals surface area contributed by atoms with E-state index >= 15 is 0 Å². The van der Waals surface area contributed by atoms with Crippen molar-refractivity contribution in [3.63, 3.8) is 0 Å². The number of aliphatic hydroxyl groups is 3. The molecule has 0 amide bonds. The molecule has 0 unspecified atom stereocenters. The van der Waals surface area contributed by atoms with E-state index in [0.717, 1.165) is 0 Å². The lowest BCUT2D eigenvalue weighted by molar-refractivity contribution is -0.0511. The molecule has 1 fully saturated rings. The van der Waals surface area contributed by atoms with E-state index in [1.54, 1.807) is 18.2 Å². The van der Waals surface area contributed by atoms with Crippen LogP contribution in [0, 0.1) is 0 Å². The summed E-state index contributed by atoms with van der Waals surface area (Å²) in [5, 5.41) is 29.3. The molecular weight excluding hydrogens is 370 g/mol. The Morgan fingerprint density at radius 3 is 2.57 bits per heavy atom. The smallest absolute Gasteiger partial charge is 0.358 e. The molecular formula is C17H17N5O6. The van der Waals surface area contributed by atoms with Gasteiger partial charge in [-0.1, -0.05) is 18.2 Å². The summed E-state index contributed by atoms with van der Waals surface area (Å²) in [4.78, 5) is 33.1. The van der Waals surface area contributed by atoms with Crippen molar-refractivity contribution in [3.8, 4) is 0 Å². The Morgan fingerprint density at radius 2 is 1.93 bits per heavy atom. The van der Waals surface area contributed by atoms with Crippen LogP contribution in [0.4, 0.5) is 5.82 Å². The second kappa shape index (κ2) is 6.80. The highest BCUT2D eigenvalue weighted by Crippen LogP contribution is 2.31. The van der Waals surface area contributed by atoms with Crippen molar-refractivity contribution in [1.82, 2.24) is 19.1 Å². The number of carbonyl (C=O) groups is 1. The SMILES string of the molecule is Nc1c2ncn([C@@H]3O[C@H](CO)[C@@H](O)[C@H]3O)c2nc(=O)n1C(=O)c1ccccc1.